The Hall–Kier alpha value is -3.65. The van der Waals surface area contributed by atoms with Gasteiger partial charge in [-0.3, -0.25) is 13.9 Å². The highest BCUT2D eigenvalue weighted by molar-refractivity contribution is 7.92. The van der Waals surface area contributed by atoms with Crippen LogP contribution in [0.15, 0.2) is 77.7 Å². The highest BCUT2D eigenvalue weighted by atomic mass is 32.2. The van der Waals surface area contributed by atoms with Gasteiger partial charge in [-0.2, -0.15) is 0 Å². The summed E-state index contributed by atoms with van der Waals surface area (Å²) in [6, 6.07) is 20.6. The van der Waals surface area contributed by atoms with Crippen molar-refractivity contribution < 1.29 is 18.0 Å². The zero-order valence-corrected chi connectivity index (χ0v) is 25.0. The molecule has 0 unspecified atom stereocenters. The van der Waals surface area contributed by atoms with Crippen molar-refractivity contribution in [3.8, 4) is 0 Å². The monoisotopic (exact) mass is 563 g/mol. The molecule has 0 saturated carbocycles. The van der Waals surface area contributed by atoms with Gasteiger partial charge in [-0.15, -0.1) is 0 Å². The van der Waals surface area contributed by atoms with Crippen LogP contribution in [0.4, 0.5) is 5.69 Å². The molecule has 3 rings (SSSR count). The number of aryl methyl sites for hydroxylation is 3. The topological polar surface area (TPSA) is 86.8 Å². The van der Waals surface area contributed by atoms with E-state index in [9.17, 15) is 18.0 Å². The fourth-order valence-corrected chi connectivity index (χ4v) is 6.25. The van der Waals surface area contributed by atoms with Crippen LogP contribution in [0.2, 0.25) is 0 Å². The number of nitrogens with one attached hydrogen (secondary N) is 1. The number of hydrogen-bond acceptors (Lipinski definition) is 4. The Balaban J connectivity index is 2.06. The van der Waals surface area contributed by atoms with E-state index in [2.05, 4.69) is 5.32 Å². The van der Waals surface area contributed by atoms with E-state index in [-0.39, 0.29) is 17.3 Å². The Labute approximate surface area is 239 Å². The maximum absolute atomic E-state index is 14.1. The molecule has 0 aliphatic carbocycles. The van der Waals surface area contributed by atoms with Gasteiger partial charge >= 0.3 is 0 Å². The van der Waals surface area contributed by atoms with Crippen LogP contribution < -0.4 is 9.62 Å². The van der Waals surface area contributed by atoms with Gasteiger partial charge < -0.3 is 10.2 Å². The van der Waals surface area contributed by atoms with Crippen molar-refractivity contribution in [2.75, 3.05) is 17.4 Å². The van der Waals surface area contributed by atoms with Crippen molar-refractivity contribution in [2.45, 2.75) is 71.4 Å². The summed E-state index contributed by atoms with van der Waals surface area (Å²) >= 11 is 0. The Morgan fingerprint density at radius 2 is 1.57 bits per heavy atom. The summed E-state index contributed by atoms with van der Waals surface area (Å²) in [5.41, 5.74) is 4.06. The number of amides is 2. The maximum Gasteiger partial charge on any atom is 0.264 e. The van der Waals surface area contributed by atoms with Gasteiger partial charge in [0.2, 0.25) is 11.8 Å². The van der Waals surface area contributed by atoms with E-state index in [1.807, 2.05) is 71.0 Å². The smallest absolute Gasteiger partial charge is 0.264 e. The Morgan fingerprint density at radius 3 is 2.20 bits per heavy atom. The van der Waals surface area contributed by atoms with Crippen LogP contribution in [-0.2, 0) is 26.2 Å². The highest BCUT2D eigenvalue weighted by Gasteiger charge is 2.34. The second kappa shape index (κ2) is 14.1. The van der Waals surface area contributed by atoms with Crippen molar-refractivity contribution >= 4 is 27.5 Å². The van der Waals surface area contributed by atoms with Crippen molar-refractivity contribution in [1.29, 1.82) is 0 Å². The third-order valence-electron chi connectivity index (χ3n) is 6.88. The molecule has 8 heteroatoms. The number of unbranched alkanes of at least 4 members (excludes halogenated alkanes) is 1. The lowest BCUT2D eigenvalue weighted by Gasteiger charge is -2.33. The highest BCUT2D eigenvalue weighted by Crippen LogP contribution is 2.28. The molecule has 40 heavy (non-hydrogen) atoms. The van der Waals surface area contributed by atoms with Crippen LogP contribution in [0.5, 0.6) is 0 Å². The van der Waals surface area contributed by atoms with E-state index in [4.69, 9.17) is 0 Å². The maximum atomic E-state index is 14.1. The lowest BCUT2D eigenvalue weighted by Crippen LogP contribution is -2.52. The number of anilines is 1. The van der Waals surface area contributed by atoms with E-state index in [0.717, 1.165) is 35.1 Å². The summed E-state index contributed by atoms with van der Waals surface area (Å²) in [5.74, 6) is -0.681. The number of carbonyl (C=O) groups excluding carboxylic acids is 2. The molecule has 1 atom stereocenters. The van der Waals surface area contributed by atoms with Gasteiger partial charge in [-0.05, 0) is 62.9 Å². The first-order valence-corrected chi connectivity index (χ1v) is 15.3. The number of rotatable bonds is 13. The Kier molecular flexibility index (Phi) is 10.9. The molecule has 7 nitrogen and oxygen atoms in total. The molecule has 0 aliphatic rings. The van der Waals surface area contributed by atoms with Crippen molar-refractivity contribution in [1.82, 2.24) is 10.2 Å². The minimum atomic E-state index is -4.08. The molecule has 214 valence electrons. The van der Waals surface area contributed by atoms with Crippen molar-refractivity contribution in [3.05, 3.63) is 95.1 Å². The Bertz CT molecular complexity index is 1410. The molecular weight excluding hydrogens is 522 g/mol. The number of benzene rings is 3. The molecule has 0 fully saturated rings. The number of sulfonamides is 1. The van der Waals surface area contributed by atoms with E-state index in [0.29, 0.717) is 18.7 Å². The van der Waals surface area contributed by atoms with Gasteiger partial charge in [-0.25, -0.2) is 8.42 Å². The van der Waals surface area contributed by atoms with Crippen LogP contribution in [0.3, 0.4) is 0 Å². The van der Waals surface area contributed by atoms with Crippen LogP contribution in [0, 0.1) is 20.8 Å². The number of hydrogen-bond donors (Lipinski definition) is 1. The molecular formula is C32H41N3O4S. The zero-order chi connectivity index (χ0) is 29.3. The minimum Gasteiger partial charge on any atom is -0.354 e. The predicted octanol–water partition coefficient (Wildman–Crippen LogP) is 5.53. The fraction of sp³-hybridized carbons (Fsp3) is 0.375. The number of nitrogens with zero attached hydrogens (tertiary/aromatic N) is 2. The molecule has 0 aromatic heterocycles. The zero-order valence-electron chi connectivity index (χ0n) is 24.2. The fourth-order valence-electron chi connectivity index (χ4n) is 4.75. The molecule has 0 aliphatic heterocycles. The summed E-state index contributed by atoms with van der Waals surface area (Å²) in [5, 5.41) is 2.96. The van der Waals surface area contributed by atoms with E-state index in [1.54, 1.807) is 24.3 Å². The molecule has 0 saturated heterocycles. The molecule has 3 aromatic rings. The van der Waals surface area contributed by atoms with E-state index in [1.165, 1.54) is 21.3 Å². The van der Waals surface area contributed by atoms with E-state index < -0.39 is 28.5 Å². The van der Waals surface area contributed by atoms with Gasteiger partial charge in [0.15, 0.2) is 0 Å². The first-order chi connectivity index (χ1) is 19.1. The van der Waals surface area contributed by atoms with Gasteiger partial charge in [0, 0.05) is 13.1 Å². The first-order valence-electron chi connectivity index (χ1n) is 13.9. The lowest BCUT2D eigenvalue weighted by atomic mass is 10.1. The standard InChI is InChI=1S/C32H41N3O4S/c1-6-8-19-33-32(37)29(7-2)34(22-27-14-12-13-24(3)21-27)31(36)23-35(30-18-17-25(4)20-26(30)5)40(38,39)28-15-10-9-11-16-28/h9-18,20-21,29H,6-8,19,22-23H2,1-5H3,(H,33,37)/t29-/m1/s1. The van der Waals surface area contributed by atoms with Gasteiger partial charge in [0.25, 0.3) is 10.0 Å². The molecule has 1 N–H and O–H groups in total. The second-order valence-electron chi connectivity index (χ2n) is 10.2. The SMILES string of the molecule is CCCCNC(=O)[C@@H](CC)N(Cc1cccc(C)c1)C(=O)CN(c1ccc(C)cc1C)S(=O)(=O)c1ccccc1. The molecule has 0 bridgehead atoms. The molecule has 3 aromatic carbocycles. The summed E-state index contributed by atoms with van der Waals surface area (Å²) < 4.78 is 29.1. The van der Waals surface area contributed by atoms with Crippen molar-refractivity contribution in [3.63, 3.8) is 0 Å². The van der Waals surface area contributed by atoms with Crippen LogP contribution in [0.1, 0.15) is 55.4 Å². The largest absolute Gasteiger partial charge is 0.354 e. The predicted molar refractivity (Wildman–Crippen MR) is 161 cm³/mol. The van der Waals surface area contributed by atoms with Gasteiger partial charge in [0.05, 0.1) is 10.6 Å². The van der Waals surface area contributed by atoms with Gasteiger partial charge in [0.1, 0.15) is 12.6 Å². The van der Waals surface area contributed by atoms with Crippen LogP contribution in [0.25, 0.3) is 0 Å². The summed E-state index contributed by atoms with van der Waals surface area (Å²) in [6.07, 6.45) is 2.17. The summed E-state index contributed by atoms with van der Waals surface area (Å²) in [6.45, 7) is 9.92. The lowest BCUT2D eigenvalue weighted by molar-refractivity contribution is -0.140. The molecule has 0 radical (unpaired) electrons. The third kappa shape index (κ3) is 7.72. The molecule has 0 heterocycles. The van der Waals surface area contributed by atoms with Crippen LogP contribution >= 0.6 is 0 Å². The molecule has 0 spiro atoms. The summed E-state index contributed by atoms with van der Waals surface area (Å²) in [4.78, 5) is 29.0. The van der Waals surface area contributed by atoms with E-state index >= 15 is 0 Å². The minimum absolute atomic E-state index is 0.0948. The van der Waals surface area contributed by atoms with Crippen molar-refractivity contribution in [2.24, 2.45) is 0 Å². The first kappa shape index (κ1) is 30.9. The van der Waals surface area contributed by atoms with Gasteiger partial charge in [-0.1, -0.05) is 86.0 Å². The molecule has 2 amide bonds. The Morgan fingerprint density at radius 1 is 0.875 bits per heavy atom. The quantitative estimate of drug-likeness (QED) is 0.277. The summed E-state index contributed by atoms with van der Waals surface area (Å²) in [7, 11) is -4.08. The average molecular weight is 564 g/mol. The normalized spacial score (nSPS) is 12.0. The van der Waals surface area contributed by atoms with Crippen LogP contribution in [-0.4, -0.2) is 44.3 Å². The average Bonchev–Trinajstić information content (AvgIpc) is 2.92. The second-order valence-corrected chi connectivity index (χ2v) is 12.1. The third-order valence-corrected chi connectivity index (χ3v) is 8.66. The number of carbonyl (C=O) groups is 2.